The summed E-state index contributed by atoms with van der Waals surface area (Å²) >= 11 is 2.98. The Morgan fingerprint density at radius 1 is 0.809 bits per heavy atom. The Bertz CT molecular complexity index is 2360. The zero-order valence-corrected chi connectivity index (χ0v) is 41.1. The molecule has 2 fully saturated rings. The minimum atomic E-state index is -0.833. The molecular weight excluding hydrogens is 905 g/mol. The van der Waals surface area contributed by atoms with Gasteiger partial charge in [0.1, 0.15) is 18.1 Å². The third-order valence-corrected chi connectivity index (χ3v) is 15.4. The fourth-order valence-corrected chi connectivity index (χ4v) is 11.8. The van der Waals surface area contributed by atoms with Gasteiger partial charge in [-0.05, 0) is 105 Å². The molecule has 6 rings (SSSR count). The molecule has 17 nitrogen and oxygen atoms in total. The second-order valence-corrected chi connectivity index (χ2v) is 20.5. The van der Waals surface area contributed by atoms with Crippen molar-refractivity contribution in [1.82, 2.24) is 46.8 Å². The van der Waals surface area contributed by atoms with Gasteiger partial charge in [-0.3, -0.25) is 38.3 Å². The van der Waals surface area contributed by atoms with Gasteiger partial charge in [-0.1, -0.05) is 86.2 Å². The molecule has 0 saturated carbocycles. The van der Waals surface area contributed by atoms with Gasteiger partial charge in [0.2, 0.25) is 41.4 Å². The molecule has 7 amide bonds. The first-order valence-electron chi connectivity index (χ1n) is 23.1. The molecule has 0 unspecified atom stereocenters. The van der Waals surface area contributed by atoms with E-state index in [0.29, 0.717) is 43.6 Å². The van der Waals surface area contributed by atoms with Gasteiger partial charge in [0.15, 0.2) is 0 Å². The van der Waals surface area contributed by atoms with Crippen molar-refractivity contribution in [3.05, 3.63) is 70.8 Å². The van der Waals surface area contributed by atoms with Crippen LogP contribution in [0.15, 0.2) is 48.5 Å². The lowest BCUT2D eigenvalue weighted by Gasteiger charge is -2.35. The molecule has 2 aromatic carbocycles. The number of hydrogen-bond acceptors (Lipinski definition) is 12. The van der Waals surface area contributed by atoms with Crippen LogP contribution in [-0.4, -0.2) is 121 Å². The van der Waals surface area contributed by atoms with Gasteiger partial charge in [-0.25, -0.2) is 0 Å². The maximum Gasteiger partial charge on any atom is 0.246 e. The van der Waals surface area contributed by atoms with E-state index >= 15 is 0 Å². The largest absolute Gasteiger partial charge is 0.368 e. The van der Waals surface area contributed by atoms with Crippen LogP contribution in [-0.2, 0) is 46.4 Å². The van der Waals surface area contributed by atoms with Gasteiger partial charge >= 0.3 is 0 Å². The van der Waals surface area contributed by atoms with Crippen LogP contribution in [0.5, 0.6) is 0 Å². The highest BCUT2D eigenvalue weighted by atomic mass is 32.2. The smallest absolute Gasteiger partial charge is 0.246 e. The predicted molar refractivity (Wildman–Crippen MR) is 263 cm³/mol. The summed E-state index contributed by atoms with van der Waals surface area (Å²) in [6.07, 6.45) is 2.29. The summed E-state index contributed by atoms with van der Waals surface area (Å²) in [5, 5.41) is 20.1. The molecule has 2 aliphatic heterocycles. The summed E-state index contributed by atoms with van der Waals surface area (Å²) < 4.78 is 3.40. The molecule has 364 valence electrons. The molecule has 10 atom stereocenters. The third kappa shape index (κ3) is 12.4. The van der Waals surface area contributed by atoms with E-state index in [1.54, 1.807) is 44.6 Å². The zero-order chi connectivity index (χ0) is 49.1. The van der Waals surface area contributed by atoms with Gasteiger partial charge in [-0.2, -0.15) is 0 Å². The second kappa shape index (κ2) is 23.6. The highest BCUT2D eigenvalue weighted by Crippen LogP contribution is 2.47. The lowest BCUT2D eigenvalue weighted by atomic mass is 9.83. The van der Waals surface area contributed by atoms with E-state index in [4.69, 9.17) is 5.73 Å². The predicted octanol–water partition coefficient (Wildman–Crippen LogP) is 0.558. The molecule has 68 heavy (non-hydrogen) atoms. The van der Waals surface area contributed by atoms with Crippen molar-refractivity contribution in [2.24, 2.45) is 23.0 Å². The standard InChI is InChI=1S/C49H64N10O7S2/c1-28(51-5)43(61)55-36(42(50)60)20-24-68-58-40-33-18-12-10-16-31(33)26-35(40)46(64)54-22-14-8-7-13-21-53-45(63)34-25-30-15-9-11-17-32(30)39(34)57-47(65)41-49(3,4)27-38-59(41)48(66)37(19-23-67-38)56-44(62)29(2)52-6/h9-12,15-18,28-29,34-41,51-52,58H,19-27H2,1-6H3,(H2,50,60)(H,53,63)(H,54,64)(H,55,61)(H,56,62)(H,57,65)/t28-,29-,34+,35+,36+,37+,38-,39-,40-,41+/m0/s1. The first-order chi connectivity index (χ1) is 32.6. The summed E-state index contributed by atoms with van der Waals surface area (Å²) in [5.74, 6) is 8.94. The van der Waals surface area contributed by atoms with Crippen molar-refractivity contribution in [2.75, 3.05) is 38.7 Å². The van der Waals surface area contributed by atoms with Crippen LogP contribution in [0.2, 0.25) is 0 Å². The third-order valence-electron chi connectivity index (χ3n) is 13.3. The van der Waals surface area contributed by atoms with Crippen molar-refractivity contribution < 1.29 is 33.6 Å². The quantitative estimate of drug-likeness (QED) is 0.0566. The Morgan fingerprint density at radius 3 is 1.96 bits per heavy atom. The van der Waals surface area contributed by atoms with Gasteiger partial charge < -0.3 is 47.9 Å². The van der Waals surface area contributed by atoms with Crippen LogP contribution in [0.25, 0.3) is 0 Å². The maximum atomic E-state index is 14.5. The Kier molecular flexibility index (Phi) is 18.0. The van der Waals surface area contributed by atoms with Crippen LogP contribution in [0, 0.1) is 40.9 Å². The van der Waals surface area contributed by atoms with E-state index in [1.807, 2.05) is 62.4 Å². The molecule has 2 saturated heterocycles. The summed E-state index contributed by atoms with van der Waals surface area (Å²) in [5.41, 5.74) is 8.83. The summed E-state index contributed by atoms with van der Waals surface area (Å²) in [7, 11) is 3.33. The monoisotopic (exact) mass is 968 g/mol. The average molecular weight is 969 g/mol. The van der Waals surface area contributed by atoms with E-state index in [-0.39, 0.29) is 59.9 Å². The molecule has 0 bridgehead atoms. The van der Waals surface area contributed by atoms with Crippen LogP contribution in [0.3, 0.4) is 0 Å². The number of nitrogens with zero attached hydrogens (tertiary/aromatic N) is 1. The number of carbonyl (C=O) groups excluding carboxylic acids is 7. The number of fused-ring (bicyclic) bond motifs is 3. The number of likely N-dealkylation sites (N-methyl/N-ethyl adjacent to an activating group) is 2. The molecule has 0 aromatic heterocycles. The van der Waals surface area contributed by atoms with Crippen LogP contribution in [0.4, 0.5) is 0 Å². The summed E-state index contributed by atoms with van der Waals surface area (Å²) in [4.78, 5) is 94.7. The summed E-state index contributed by atoms with van der Waals surface area (Å²) in [6, 6.07) is 11.1. The summed E-state index contributed by atoms with van der Waals surface area (Å²) in [6.45, 7) is 7.44. The van der Waals surface area contributed by atoms with Crippen molar-refractivity contribution >= 4 is 65.1 Å². The molecule has 19 heteroatoms. The van der Waals surface area contributed by atoms with Crippen LogP contribution < -0.4 is 47.7 Å². The Labute approximate surface area is 407 Å². The normalized spacial score (nSPS) is 24.4. The van der Waals surface area contributed by atoms with Crippen LogP contribution in [0.1, 0.15) is 81.3 Å². The molecule has 2 heterocycles. The molecule has 2 aliphatic carbocycles. The number of carbonyl (C=O) groups is 7. The van der Waals surface area contributed by atoms with E-state index in [0.717, 1.165) is 22.3 Å². The average Bonchev–Trinajstić information content (AvgIpc) is 3.94. The van der Waals surface area contributed by atoms with Crippen molar-refractivity contribution in [2.45, 2.75) is 107 Å². The minimum Gasteiger partial charge on any atom is -0.368 e. The van der Waals surface area contributed by atoms with Gasteiger partial charge in [0.05, 0.1) is 54.5 Å². The van der Waals surface area contributed by atoms with Gasteiger partial charge in [0.25, 0.3) is 0 Å². The number of thioether (sulfide) groups is 1. The Morgan fingerprint density at radius 2 is 1.37 bits per heavy atom. The Hall–Kier alpha value is -5.57. The molecule has 0 spiro atoms. The fraction of sp³-hybridized carbons (Fsp3) is 0.531. The first-order valence-corrected chi connectivity index (χ1v) is 25.1. The molecule has 4 aliphatic rings. The van der Waals surface area contributed by atoms with Gasteiger partial charge in [-0.15, -0.1) is 11.8 Å². The topological polar surface area (TPSA) is 245 Å². The lowest BCUT2D eigenvalue weighted by molar-refractivity contribution is -0.144. The van der Waals surface area contributed by atoms with Gasteiger partial charge in [0, 0.05) is 5.75 Å². The van der Waals surface area contributed by atoms with Crippen molar-refractivity contribution in [3.63, 3.8) is 0 Å². The van der Waals surface area contributed by atoms with Crippen molar-refractivity contribution in [1.29, 1.82) is 0 Å². The highest BCUT2D eigenvalue weighted by Gasteiger charge is 2.55. The van der Waals surface area contributed by atoms with Crippen molar-refractivity contribution in [3.8, 4) is 23.7 Å². The van der Waals surface area contributed by atoms with E-state index in [9.17, 15) is 33.6 Å². The zero-order valence-electron chi connectivity index (χ0n) is 39.5. The number of nitrogens with one attached hydrogen (secondary N) is 8. The van der Waals surface area contributed by atoms with E-state index in [1.165, 1.54) is 11.9 Å². The maximum absolute atomic E-state index is 14.5. The number of primary amides is 1. The van der Waals surface area contributed by atoms with Crippen LogP contribution >= 0.6 is 23.7 Å². The Balaban J connectivity index is 1.01. The number of rotatable bonds is 18. The minimum absolute atomic E-state index is 0.0104. The second-order valence-electron chi connectivity index (χ2n) is 18.3. The molecular formula is C49H64N10O7S2. The number of amides is 7. The van der Waals surface area contributed by atoms with E-state index < -0.39 is 59.4 Å². The molecule has 2 aromatic rings. The molecule has 10 N–H and O–H groups in total. The SMILES string of the molecule is CN[C@@H](C)C(=O)N[C@H](CCSN[C@H]1c2ccccc2C[C@H]1C(=O)NCC#CC#CCNC(=O)[C@@H]1Cc2ccccc2[C@@H]1NC(=O)[C@H]1N2C(=O)[C@H](NC(=O)[C@H](C)NC)CCS[C@H]2CC1(C)C)C(N)=O. The molecule has 0 radical (unpaired) electrons. The number of hydrogen-bond donors (Lipinski definition) is 9. The number of nitrogens with two attached hydrogens (primary N) is 1. The lowest BCUT2D eigenvalue weighted by Crippen LogP contribution is -2.58. The van der Waals surface area contributed by atoms with E-state index in [2.05, 4.69) is 65.6 Å². The fourth-order valence-electron chi connectivity index (χ4n) is 9.25. The highest BCUT2D eigenvalue weighted by molar-refractivity contribution is 7.99. The number of benzene rings is 2. The first kappa shape index (κ1) is 51.8.